The zero-order chi connectivity index (χ0) is 26.0. The van der Waals surface area contributed by atoms with Crippen molar-refractivity contribution in [3.05, 3.63) is 53.6 Å². The van der Waals surface area contributed by atoms with Gasteiger partial charge in [0.15, 0.2) is 5.13 Å². The van der Waals surface area contributed by atoms with Gasteiger partial charge in [0.25, 0.3) is 5.91 Å². The van der Waals surface area contributed by atoms with Crippen molar-refractivity contribution in [2.45, 2.75) is 69.3 Å². The second kappa shape index (κ2) is 11.2. The number of benzene rings is 2. The molecule has 3 heterocycles. The Morgan fingerprint density at radius 3 is 2.46 bits per heavy atom. The summed E-state index contributed by atoms with van der Waals surface area (Å²) in [7, 11) is -3.57. The number of rotatable bonds is 7. The first-order valence-corrected chi connectivity index (χ1v) is 15.5. The molecule has 1 atom stereocenters. The van der Waals surface area contributed by atoms with Crippen LogP contribution < -0.4 is 4.90 Å². The normalized spacial score (nSPS) is 19.4. The van der Waals surface area contributed by atoms with Crippen LogP contribution in [0.3, 0.4) is 0 Å². The zero-order valence-corrected chi connectivity index (χ0v) is 23.2. The van der Waals surface area contributed by atoms with Crippen LogP contribution in [0.2, 0.25) is 0 Å². The number of fused-ring (bicyclic) bond motifs is 1. The van der Waals surface area contributed by atoms with Gasteiger partial charge in [-0.15, -0.1) is 0 Å². The van der Waals surface area contributed by atoms with E-state index in [2.05, 4.69) is 19.9 Å². The molecule has 2 aromatic carbocycles. The first-order chi connectivity index (χ1) is 17.8. The predicted molar refractivity (Wildman–Crippen MR) is 148 cm³/mol. The molecule has 2 fully saturated rings. The Balaban J connectivity index is 1.45. The molecular weight excluding hydrogens is 506 g/mol. The molecule has 0 aliphatic carbocycles. The predicted octanol–water partition coefficient (Wildman–Crippen LogP) is 5.81. The number of hydrogen-bond acceptors (Lipinski definition) is 6. The number of nitrogens with zero attached hydrogens (tertiary/aromatic N) is 3. The molecule has 9 heteroatoms. The standard InChI is InChI=1S/C28H35N3O4S2/c1-20(2)24-10-7-11-25-26(24)29-28(36-25)31(19-22-9-8-18-35-22)27(32)21-12-14-23(15-13-21)37(33,34)30-16-5-3-4-6-17-30/h7,10-15,20,22H,3-6,8-9,16-19H2,1-2H3. The number of ether oxygens (including phenoxy) is 1. The van der Waals surface area contributed by atoms with Gasteiger partial charge in [0, 0.05) is 25.3 Å². The summed E-state index contributed by atoms with van der Waals surface area (Å²) in [4.78, 5) is 20.7. The van der Waals surface area contributed by atoms with Gasteiger partial charge in [-0.25, -0.2) is 13.4 Å². The van der Waals surface area contributed by atoms with Crippen LogP contribution in [0.5, 0.6) is 0 Å². The van der Waals surface area contributed by atoms with Gasteiger partial charge in [-0.05, 0) is 67.5 Å². The fraction of sp³-hybridized carbons (Fsp3) is 0.500. The van der Waals surface area contributed by atoms with E-state index in [-0.39, 0.29) is 16.9 Å². The minimum atomic E-state index is -3.57. The summed E-state index contributed by atoms with van der Waals surface area (Å²) in [5.74, 6) is 0.124. The third-order valence-electron chi connectivity index (χ3n) is 7.25. The largest absolute Gasteiger partial charge is 0.376 e. The smallest absolute Gasteiger partial charge is 0.260 e. The Labute approximate surface area is 223 Å². The first-order valence-electron chi connectivity index (χ1n) is 13.3. The van der Waals surface area contributed by atoms with Crippen LogP contribution in [-0.4, -0.2) is 56.0 Å². The van der Waals surface area contributed by atoms with Gasteiger partial charge in [0.05, 0.1) is 27.8 Å². The molecule has 37 heavy (non-hydrogen) atoms. The topological polar surface area (TPSA) is 79.8 Å². The SMILES string of the molecule is CC(C)c1cccc2sc(N(CC3CCCO3)C(=O)c3ccc(S(=O)(=O)N4CCCCCC4)cc3)nc12. The van der Waals surface area contributed by atoms with Crippen LogP contribution in [0.25, 0.3) is 10.2 Å². The molecule has 2 aliphatic rings. The molecule has 2 aliphatic heterocycles. The van der Waals surface area contributed by atoms with Crippen LogP contribution in [0.4, 0.5) is 5.13 Å². The average Bonchev–Trinajstić information content (AvgIpc) is 3.48. The van der Waals surface area contributed by atoms with Crippen LogP contribution in [0.15, 0.2) is 47.4 Å². The van der Waals surface area contributed by atoms with E-state index in [1.807, 2.05) is 12.1 Å². The van der Waals surface area contributed by atoms with Crippen molar-refractivity contribution < 1.29 is 17.9 Å². The highest BCUT2D eigenvalue weighted by molar-refractivity contribution is 7.89. The number of carbonyl (C=O) groups excluding carboxylic acids is 1. The highest BCUT2D eigenvalue weighted by atomic mass is 32.2. The van der Waals surface area contributed by atoms with Crippen LogP contribution in [0, 0.1) is 0 Å². The molecule has 0 radical (unpaired) electrons. The van der Waals surface area contributed by atoms with Crippen LogP contribution in [0.1, 0.15) is 74.2 Å². The lowest BCUT2D eigenvalue weighted by molar-refractivity contribution is 0.0917. The molecule has 0 N–H and O–H groups in total. The Bertz CT molecular complexity index is 1340. The lowest BCUT2D eigenvalue weighted by atomic mass is 10.0. The molecule has 2 saturated heterocycles. The third kappa shape index (κ3) is 5.60. The number of anilines is 1. The maximum absolute atomic E-state index is 13.8. The fourth-order valence-electron chi connectivity index (χ4n) is 5.14. The van der Waals surface area contributed by atoms with E-state index in [0.29, 0.717) is 42.9 Å². The molecule has 3 aromatic rings. The quantitative estimate of drug-likeness (QED) is 0.377. The Morgan fingerprint density at radius 1 is 1.08 bits per heavy atom. The van der Waals surface area contributed by atoms with Crippen molar-refractivity contribution in [2.75, 3.05) is 31.1 Å². The maximum Gasteiger partial charge on any atom is 0.260 e. The van der Waals surface area contributed by atoms with E-state index < -0.39 is 10.0 Å². The molecule has 0 spiro atoms. The summed E-state index contributed by atoms with van der Waals surface area (Å²) in [5, 5.41) is 0.643. The Hall–Kier alpha value is -2.33. The number of carbonyl (C=O) groups is 1. The highest BCUT2D eigenvalue weighted by Crippen LogP contribution is 2.35. The van der Waals surface area contributed by atoms with Crippen molar-refractivity contribution in [1.82, 2.24) is 9.29 Å². The summed E-state index contributed by atoms with van der Waals surface area (Å²) < 4.78 is 34.9. The van der Waals surface area contributed by atoms with Gasteiger partial charge in [-0.2, -0.15) is 4.31 Å². The summed E-state index contributed by atoms with van der Waals surface area (Å²) in [6, 6.07) is 12.5. The summed E-state index contributed by atoms with van der Waals surface area (Å²) in [6.07, 6.45) is 5.73. The number of amides is 1. The Kier molecular flexibility index (Phi) is 7.95. The molecule has 0 saturated carbocycles. The second-order valence-corrected chi connectivity index (χ2v) is 13.2. The minimum Gasteiger partial charge on any atom is -0.376 e. The third-order valence-corrected chi connectivity index (χ3v) is 10.2. The molecule has 7 nitrogen and oxygen atoms in total. The number of thiazole rings is 1. The summed E-state index contributed by atoms with van der Waals surface area (Å²) in [5.41, 5.74) is 2.53. The molecule has 1 amide bonds. The van der Waals surface area contributed by atoms with E-state index in [4.69, 9.17) is 9.72 Å². The second-order valence-electron chi connectivity index (χ2n) is 10.2. The van der Waals surface area contributed by atoms with Gasteiger partial charge in [0.1, 0.15) is 0 Å². The lowest BCUT2D eigenvalue weighted by Crippen LogP contribution is -2.37. The monoisotopic (exact) mass is 541 g/mol. The van der Waals surface area contributed by atoms with E-state index in [1.54, 1.807) is 33.5 Å². The zero-order valence-electron chi connectivity index (χ0n) is 21.6. The maximum atomic E-state index is 13.8. The molecule has 5 rings (SSSR count). The number of sulfonamides is 1. The lowest BCUT2D eigenvalue weighted by Gasteiger charge is -2.23. The van der Waals surface area contributed by atoms with E-state index >= 15 is 0 Å². The van der Waals surface area contributed by atoms with Gasteiger partial charge < -0.3 is 4.74 Å². The van der Waals surface area contributed by atoms with Crippen molar-refractivity contribution in [2.24, 2.45) is 0 Å². The summed E-state index contributed by atoms with van der Waals surface area (Å²) in [6.45, 7) is 6.51. The van der Waals surface area contributed by atoms with Gasteiger partial charge >= 0.3 is 0 Å². The van der Waals surface area contributed by atoms with Gasteiger partial charge in [-0.1, -0.05) is 50.2 Å². The van der Waals surface area contributed by atoms with Crippen LogP contribution >= 0.6 is 11.3 Å². The first kappa shape index (κ1) is 26.3. The van der Waals surface area contributed by atoms with E-state index in [0.717, 1.165) is 54.3 Å². The van der Waals surface area contributed by atoms with E-state index in [9.17, 15) is 13.2 Å². The molecular formula is C28H35N3O4S2. The average molecular weight is 542 g/mol. The fourth-order valence-corrected chi connectivity index (χ4v) is 7.66. The minimum absolute atomic E-state index is 0.0387. The van der Waals surface area contributed by atoms with Gasteiger partial charge in [-0.3, -0.25) is 9.69 Å². The molecule has 1 aromatic heterocycles. The Morgan fingerprint density at radius 2 is 1.81 bits per heavy atom. The highest BCUT2D eigenvalue weighted by Gasteiger charge is 2.29. The van der Waals surface area contributed by atoms with Crippen molar-refractivity contribution in [3.8, 4) is 0 Å². The summed E-state index contributed by atoms with van der Waals surface area (Å²) >= 11 is 1.51. The number of hydrogen-bond donors (Lipinski definition) is 0. The van der Waals surface area contributed by atoms with E-state index in [1.165, 1.54) is 11.3 Å². The number of para-hydroxylation sites is 1. The molecule has 0 bridgehead atoms. The molecule has 198 valence electrons. The van der Waals surface area contributed by atoms with Crippen LogP contribution in [-0.2, 0) is 14.8 Å². The van der Waals surface area contributed by atoms with Crippen molar-refractivity contribution >= 4 is 42.6 Å². The van der Waals surface area contributed by atoms with Gasteiger partial charge in [0.2, 0.25) is 10.0 Å². The molecule has 1 unspecified atom stereocenters. The number of aromatic nitrogens is 1. The van der Waals surface area contributed by atoms with Crippen molar-refractivity contribution in [1.29, 1.82) is 0 Å². The van der Waals surface area contributed by atoms with Crippen molar-refractivity contribution in [3.63, 3.8) is 0 Å².